The van der Waals surface area contributed by atoms with Crippen LogP contribution in [0.4, 0.5) is 0 Å². The summed E-state index contributed by atoms with van der Waals surface area (Å²) in [5.41, 5.74) is 4.42. The third-order valence-electron chi connectivity index (χ3n) is 4.28. The summed E-state index contributed by atoms with van der Waals surface area (Å²) in [4.78, 5) is 0. The number of allylic oxidation sites excluding steroid dienone is 1. The normalized spacial score (nSPS) is 16.2. The largest absolute Gasteiger partial charge is 0.497 e. The van der Waals surface area contributed by atoms with Gasteiger partial charge in [-0.15, -0.1) is 0 Å². The average molecular weight is 296 g/mol. The van der Waals surface area contributed by atoms with E-state index in [2.05, 4.69) is 30.4 Å². The quantitative estimate of drug-likeness (QED) is 0.934. The van der Waals surface area contributed by atoms with Crippen molar-refractivity contribution in [3.05, 3.63) is 64.7 Å². The molecule has 1 unspecified atom stereocenters. The molecule has 22 heavy (non-hydrogen) atoms. The second kappa shape index (κ2) is 6.24. The van der Waals surface area contributed by atoms with Crippen molar-refractivity contribution in [1.29, 1.82) is 0 Å². The molecule has 0 radical (unpaired) electrons. The van der Waals surface area contributed by atoms with Gasteiger partial charge in [0.05, 0.1) is 20.8 Å². The highest BCUT2D eigenvalue weighted by atomic mass is 16.5. The zero-order chi connectivity index (χ0) is 15.5. The predicted octanol–water partition coefficient (Wildman–Crippen LogP) is 3.74. The van der Waals surface area contributed by atoms with Gasteiger partial charge in [-0.1, -0.05) is 30.4 Å². The van der Waals surface area contributed by atoms with Crippen molar-refractivity contribution in [2.45, 2.75) is 18.9 Å². The Morgan fingerprint density at radius 2 is 1.82 bits per heavy atom. The highest BCUT2D eigenvalue weighted by Gasteiger charge is 2.22. The summed E-state index contributed by atoms with van der Waals surface area (Å²) in [6, 6.07) is 12.2. The molecular formula is C19H20O3. The van der Waals surface area contributed by atoms with Gasteiger partial charge in [0.25, 0.3) is 0 Å². The fourth-order valence-corrected chi connectivity index (χ4v) is 3.12. The number of ether oxygens (including phenoxy) is 2. The molecule has 0 saturated heterocycles. The third-order valence-corrected chi connectivity index (χ3v) is 4.28. The van der Waals surface area contributed by atoms with Gasteiger partial charge in [0.1, 0.15) is 11.5 Å². The molecule has 114 valence electrons. The van der Waals surface area contributed by atoms with Gasteiger partial charge in [0.15, 0.2) is 0 Å². The number of rotatable bonds is 4. The highest BCUT2D eigenvalue weighted by Crippen LogP contribution is 2.39. The van der Waals surface area contributed by atoms with Crippen LogP contribution < -0.4 is 9.47 Å². The molecule has 2 aromatic rings. The Labute approximate surface area is 130 Å². The van der Waals surface area contributed by atoms with Crippen LogP contribution in [-0.2, 0) is 6.61 Å². The van der Waals surface area contributed by atoms with Gasteiger partial charge in [-0.25, -0.2) is 0 Å². The third kappa shape index (κ3) is 2.48. The number of aliphatic hydroxyl groups is 1. The van der Waals surface area contributed by atoms with E-state index >= 15 is 0 Å². The molecular weight excluding hydrogens is 276 g/mol. The molecule has 2 aromatic carbocycles. The topological polar surface area (TPSA) is 38.7 Å². The van der Waals surface area contributed by atoms with Gasteiger partial charge in [0.2, 0.25) is 0 Å². The van der Waals surface area contributed by atoms with Crippen molar-refractivity contribution < 1.29 is 14.6 Å². The zero-order valence-electron chi connectivity index (χ0n) is 12.9. The smallest absolute Gasteiger partial charge is 0.124 e. The number of methoxy groups -OCH3 is 2. The van der Waals surface area contributed by atoms with Crippen LogP contribution >= 0.6 is 0 Å². The van der Waals surface area contributed by atoms with Crippen molar-refractivity contribution in [1.82, 2.24) is 0 Å². The molecule has 0 aliphatic heterocycles. The second-order valence-electron chi connectivity index (χ2n) is 5.37. The first-order chi connectivity index (χ1) is 10.8. The van der Waals surface area contributed by atoms with Crippen molar-refractivity contribution in [3.63, 3.8) is 0 Å². The van der Waals surface area contributed by atoms with Crippen LogP contribution in [0.2, 0.25) is 0 Å². The van der Waals surface area contributed by atoms with Crippen LogP contribution in [0.3, 0.4) is 0 Å². The number of benzene rings is 2. The molecule has 0 amide bonds. The van der Waals surface area contributed by atoms with Gasteiger partial charge >= 0.3 is 0 Å². The predicted molar refractivity (Wildman–Crippen MR) is 87.4 cm³/mol. The van der Waals surface area contributed by atoms with Crippen LogP contribution in [0.5, 0.6) is 11.5 Å². The Hall–Kier alpha value is -2.26. The maximum absolute atomic E-state index is 9.70. The zero-order valence-corrected chi connectivity index (χ0v) is 12.9. The van der Waals surface area contributed by atoms with Crippen LogP contribution in [0.25, 0.3) is 6.08 Å². The molecule has 1 atom stereocenters. The Morgan fingerprint density at radius 3 is 2.45 bits per heavy atom. The minimum Gasteiger partial charge on any atom is -0.497 e. The fraction of sp³-hybridized carbons (Fsp3) is 0.263. The number of fused-ring (bicyclic) bond motifs is 1. The maximum Gasteiger partial charge on any atom is 0.124 e. The van der Waals surface area contributed by atoms with Gasteiger partial charge in [-0.3, -0.25) is 0 Å². The van der Waals surface area contributed by atoms with Gasteiger partial charge < -0.3 is 14.6 Å². The first-order valence-electron chi connectivity index (χ1n) is 7.39. The number of aliphatic hydroxyl groups excluding tert-OH is 1. The molecule has 3 rings (SSSR count). The van der Waals surface area contributed by atoms with Crippen LogP contribution in [0.15, 0.2) is 42.5 Å². The molecule has 1 N–H and O–H groups in total. The van der Waals surface area contributed by atoms with E-state index in [9.17, 15) is 5.11 Å². The number of hydrogen-bond donors (Lipinski definition) is 1. The van der Waals surface area contributed by atoms with E-state index in [1.54, 1.807) is 14.2 Å². The molecule has 0 heterocycles. The molecule has 3 nitrogen and oxygen atoms in total. The van der Waals surface area contributed by atoms with Crippen molar-refractivity contribution in [3.8, 4) is 11.5 Å². The minimum atomic E-state index is -0.0218. The second-order valence-corrected chi connectivity index (χ2v) is 5.37. The molecule has 3 heteroatoms. The van der Waals surface area contributed by atoms with Crippen molar-refractivity contribution >= 4 is 6.08 Å². The molecule has 1 aliphatic carbocycles. The Balaban J connectivity index is 2.06. The Kier molecular flexibility index (Phi) is 4.16. The molecule has 0 aromatic heterocycles. The fourth-order valence-electron chi connectivity index (χ4n) is 3.12. The van der Waals surface area contributed by atoms with Gasteiger partial charge in [-0.05, 0) is 41.3 Å². The van der Waals surface area contributed by atoms with E-state index in [-0.39, 0.29) is 6.61 Å². The molecule has 0 fully saturated rings. The van der Waals surface area contributed by atoms with Crippen LogP contribution in [0.1, 0.15) is 34.6 Å². The monoisotopic (exact) mass is 296 g/mol. The Bertz CT molecular complexity index is 687. The van der Waals surface area contributed by atoms with Crippen LogP contribution in [0, 0.1) is 0 Å². The minimum absolute atomic E-state index is 0.0218. The summed E-state index contributed by atoms with van der Waals surface area (Å²) in [5, 5.41) is 9.70. The highest BCUT2D eigenvalue weighted by molar-refractivity contribution is 5.66. The lowest BCUT2D eigenvalue weighted by Gasteiger charge is -2.25. The lowest BCUT2D eigenvalue weighted by molar-refractivity contribution is 0.273. The van der Waals surface area contributed by atoms with Gasteiger partial charge in [0, 0.05) is 11.5 Å². The van der Waals surface area contributed by atoms with Gasteiger partial charge in [-0.2, -0.15) is 0 Å². The molecule has 0 bridgehead atoms. The lowest BCUT2D eigenvalue weighted by atomic mass is 9.80. The summed E-state index contributed by atoms with van der Waals surface area (Å²) in [5.74, 6) is 1.89. The SMILES string of the molecule is COc1ccc(C2CC=Cc3c2ccc(OC)c3CO)cc1. The summed E-state index contributed by atoms with van der Waals surface area (Å²) >= 11 is 0. The molecule has 1 aliphatic rings. The van der Waals surface area contributed by atoms with E-state index in [1.807, 2.05) is 18.2 Å². The summed E-state index contributed by atoms with van der Waals surface area (Å²) in [6.07, 6.45) is 5.20. The van der Waals surface area contributed by atoms with E-state index in [4.69, 9.17) is 9.47 Å². The van der Waals surface area contributed by atoms with Crippen molar-refractivity contribution in [2.75, 3.05) is 14.2 Å². The standard InChI is InChI=1S/C19H20O3/c1-21-14-8-6-13(7-9-14)15-4-3-5-16-17(15)10-11-19(22-2)18(16)12-20/h3,5-11,15,20H,4,12H2,1-2H3. The summed E-state index contributed by atoms with van der Waals surface area (Å²) in [7, 11) is 3.31. The van der Waals surface area contributed by atoms with E-state index in [0.29, 0.717) is 5.92 Å². The molecule has 0 saturated carbocycles. The van der Waals surface area contributed by atoms with E-state index in [0.717, 1.165) is 29.0 Å². The van der Waals surface area contributed by atoms with E-state index in [1.165, 1.54) is 11.1 Å². The van der Waals surface area contributed by atoms with E-state index < -0.39 is 0 Å². The van der Waals surface area contributed by atoms with Crippen LogP contribution in [-0.4, -0.2) is 19.3 Å². The molecule has 0 spiro atoms. The summed E-state index contributed by atoms with van der Waals surface area (Å²) < 4.78 is 10.6. The first-order valence-corrected chi connectivity index (χ1v) is 7.39. The van der Waals surface area contributed by atoms with Crippen molar-refractivity contribution in [2.24, 2.45) is 0 Å². The number of hydrogen-bond acceptors (Lipinski definition) is 3. The first kappa shape index (κ1) is 14.7. The average Bonchev–Trinajstić information content (AvgIpc) is 2.60. The maximum atomic E-state index is 9.70. The lowest BCUT2D eigenvalue weighted by Crippen LogP contribution is -2.09. The Morgan fingerprint density at radius 1 is 1.05 bits per heavy atom. The summed E-state index contributed by atoms with van der Waals surface area (Å²) in [6.45, 7) is -0.0218.